The average molecular weight is 308 g/mol. The molecule has 1 fully saturated rings. The SMILES string of the molecule is O=C(O)c1ccc2c(c1)nc(C1=CCC=C1)n2C1CCCCC1. The molecule has 4 rings (SSSR count). The number of rotatable bonds is 3. The number of carboxylic acids is 1. The normalized spacial score (nSPS) is 18.5. The van der Waals surface area contributed by atoms with Gasteiger partial charge in [0.2, 0.25) is 0 Å². The molecule has 0 bridgehead atoms. The number of fused-ring (bicyclic) bond motifs is 1. The van der Waals surface area contributed by atoms with Crippen LogP contribution in [0.3, 0.4) is 0 Å². The summed E-state index contributed by atoms with van der Waals surface area (Å²) in [6, 6.07) is 5.77. The van der Waals surface area contributed by atoms with Crippen LogP contribution in [0.4, 0.5) is 0 Å². The zero-order valence-corrected chi connectivity index (χ0v) is 13.0. The molecular formula is C19H20N2O2. The van der Waals surface area contributed by atoms with Gasteiger partial charge in [0.05, 0.1) is 16.6 Å². The third-order valence-corrected chi connectivity index (χ3v) is 4.91. The van der Waals surface area contributed by atoms with Gasteiger partial charge in [-0.3, -0.25) is 0 Å². The van der Waals surface area contributed by atoms with E-state index in [-0.39, 0.29) is 0 Å². The van der Waals surface area contributed by atoms with Crippen LogP contribution in [0.1, 0.15) is 60.7 Å². The number of carboxylic acid groups (broad SMARTS) is 1. The lowest BCUT2D eigenvalue weighted by Gasteiger charge is -2.25. The molecule has 118 valence electrons. The second kappa shape index (κ2) is 5.69. The summed E-state index contributed by atoms with van der Waals surface area (Å²) in [6.45, 7) is 0. The summed E-state index contributed by atoms with van der Waals surface area (Å²) in [6.07, 6.45) is 13.6. The second-order valence-corrected chi connectivity index (χ2v) is 6.40. The molecule has 1 aromatic heterocycles. The maximum Gasteiger partial charge on any atom is 0.335 e. The minimum atomic E-state index is -0.902. The van der Waals surface area contributed by atoms with Crippen molar-refractivity contribution >= 4 is 22.6 Å². The Morgan fingerprint density at radius 1 is 1.22 bits per heavy atom. The quantitative estimate of drug-likeness (QED) is 0.902. The van der Waals surface area contributed by atoms with Crippen LogP contribution >= 0.6 is 0 Å². The number of carbonyl (C=O) groups is 1. The number of benzene rings is 1. The molecule has 2 aliphatic rings. The van der Waals surface area contributed by atoms with Gasteiger partial charge in [0.1, 0.15) is 5.82 Å². The molecule has 0 aliphatic heterocycles. The van der Waals surface area contributed by atoms with Crippen molar-refractivity contribution < 1.29 is 9.90 Å². The second-order valence-electron chi connectivity index (χ2n) is 6.40. The first kappa shape index (κ1) is 14.2. The van der Waals surface area contributed by atoms with E-state index >= 15 is 0 Å². The number of nitrogens with zero attached hydrogens (tertiary/aromatic N) is 2. The fourth-order valence-electron chi connectivity index (χ4n) is 3.77. The number of aromatic nitrogens is 2. The Balaban J connectivity index is 1.90. The summed E-state index contributed by atoms with van der Waals surface area (Å²) < 4.78 is 2.35. The summed E-state index contributed by atoms with van der Waals surface area (Å²) in [5, 5.41) is 9.22. The van der Waals surface area contributed by atoms with Gasteiger partial charge in [0.25, 0.3) is 0 Å². The molecule has 2 aromatic rings. The van der Waals surface area contributed by atoms with E-state index < -0.39 is 5.97 Å². The number of imidazole rings is 1. The van der Waals surface area contributed by atoms with E-state index in [1.165, 1.54) is 32.1 Å². The van der Waals surface area contributed by atoms with Crippen molar-refractivity contribution in [3.8, 4) is 0 Å². The topological polar surface area (TPSA) is 55.1 Å². The van der Waals surface area contributed by atoms with Crippen LogP contribution in [0.2, 0.25) is 0 Å². The maximum atomic E-state index is 11.2. The van der Waals surface area contributed by atoms with Gasteiger partial charge in [0, 0.05) is 11.6 Å². The highest BCUT2D eigenvalue weighted by Gasteiger charge is 2.23. The Bertz CT molecular complexity index is 823. The predicted octanol–water partition coefficient (Wildman–Crippen LogP) is 4.58. The molecule has 0 unspecified atom stereocenters. The fourth-order valence-corrected chi connectivity index (χ4v) is 3.77. The van der Waals surface area contributed by atoms with Crippen LogP contribution in [-0.4, -0.2) is 20.6 Å². The Morgan fingerprint density at radius 2 is 2.04 bits per heavy atom. The molecule has 1 N–H and O–H groups in total. The van der Waals surface area contributed by atoms with E-state index in [0.717, 1.165) is 28.9 Å². The van der Waals surface area contributed by atoms with Crippen molar-refractivity contribution in [2.75, 3.05) is 0 Å². The predicted molar refractivity (Wildman–Crippen MR) is 90.5 cm³/mol. The Labute approximate surface area is 135 Å². The van der Waals surface area contributed by atoms with Crippen LogP contribution in [0.5, 0.6) is 0 Å². The van der Waals surface area contributed by atoms with Crippen LogP contribution < -0.4 is 0 Å². The fraction of sp³-hybridized carbons (Fsp3) is 0.368. The summed E-state index contributed by atoms with van der Waals surface area (Å²) in [4.78, 5) is 16.0. The van der Waals surface area contributed by atoms with Crippen molar-refractivity contribution in [1.82, 2.24) is 9.55 Å². The molecule has 2 aliphatic carbocycles. The largest absolute Gasteiger partial charge is 0.478 e. The summed E-state index contributed by atoms with van der Waals surface area (Å²) >= 11 is 0. The zero-order valence-electron chi connectivity index (χ0n) is 13.0. The maximum absolute atomic E-state index is 11.2. The Kier molecular flexibility index (Phi) is 3.52. The minimum absolute atomic E-state index is 0.299. The van der Waals surface area contributed by atoms with Crippen molar-refractivity contribution in [1.29, 1.82) is 0 Å². The molecule has 0 saturated heterocycles. The summed E-state index contributed by atoms with van der Waals surface area (Å²) in [5.41, 5.74) is 3.29. The number of allylic oxidation sites excluding steroid dienone is 4. The highest BCUT2D eigenvalue weighted by Crippen LogP contribution is 2.35. The highest BCUT2D eigenvalue weighted by atomic mass is 16.4. The molecule has 0 spiro atoms. The molecule has 0 radical (unpaired) electrons. The highest BCUT2D eigenvalue weighted by molar-refractivity contribution is 5.93. The third-order valence-electron chi connectivity index (χ3n) is 4.91. The van der Waals surface area contributed by atoms with Crippen LogP contribution in [0.25, 0.3) is 16.6 Å². The van der Waals surface area contributed by atoms with Gasteiger partial charge in [-0.15, -0.1) is 0 Å². The Hall–Kier alpha value is -2.36. The standard InChI is InChI=1S/C19H20N2O2/c22-19(23)14-10-11-17-16(12-14)20-18(13-6-4-5-7-13)21(17)15-8-2-1-3-9-15/h4,6-7,10-12,15H,1-3,5,8-9H2,(H,22,23). The van der Waals surface area contributed by atoms with Crippen molar-refractivity contribution in [3.05, 3.63) is 47.8 Å². The Morgan fingerprint density at radius 3 is 2.74 bits per heavy atom. The monoisotopic (exact) mass is 308 g/mol. The summed E-state index contributed by atoms with van der Waals surface area (Å²) in [5.74, 6) is 0.0869. The lowest BCUT2D eigenvalue weighted by Crippen LogP contribution is -2.15. The van der Waals surface area contributed by atoms with Crippen molar-refractivity contribution in [2.45, 2.75) is 44.6 Å². The molecular weight excluding hydrogens is 288 g/mol. The number of aromatic carboxylic acids is 1. The van der Waals surface area contributed by atoms with Gasteiger partial charge in [-0.05, 0) is 37.5 Å². The van der Waals surface area contributed by atoms with Gasteiger partial charge in [0.15, 0.2) is 0 Å². The lowest BCUT2D eigenvalue weighted by atomic mass is 9.95. The van der Waals surface area contributed by atoms with Gasteiger partial charge in [-0.25, -0.2) is 9.78 Å². The van der Waals surface area contributed by atoms with E-state index in [0.29, 0.717) is 11.6 Å². The molecule has 0 atom stereocenters. The first-order valence-corrected chi connectivity index (χ1v) is 8.36. The van der Waals surface area contributed by atoms with Crippen LogP contribution in [0, 0.1) is 0 Å². The molecule has 1 heterocycles. The molecule has 4 heteroatoms. The van der Waals surface area contributed by atoms with Crippen molar-refractivity contribution in [3.63, 3.8) is 0 Å². The minimum Gasteiger partial charge on any atom is -0.478 e. The first-order valence-electron chi connectivity index (χ1n) is 8.36. The third kappa shape index (κ3) is 2.48. The van der Waals surface area contributed by atoms with Crippen molar-refractivity contribution in [2.24, 2.45) is 0 Å². The van der Waals surface area contributed by atoms with Crippen LogP contribution in [-0.2, 0) is 0 Å². The molecule has 1 saturated carbocycles. The van der Waals surface area contributed by atoms with E-state index in [1.807, 2.05) is 6.07 Å². The molecule has 4 nitrogen and oxygen atoms in total. The number of hydrogen-bond donors (Lipinski definition) is 1. The van der Waals surface area contributed by atoms with Gasteiger partial charge in [-0.2, -0.15) is 0 Å². The molecule has 23 heavy (non-hydrogen) atoms. The van der Waals surface area contributed by atoms with Crippen LogP contribution in [0.15, 0.2) is 36.4 Å². The van der Waals surface area contributed by atoms with E-state index in [2.05, 4.69) is 22.8 Å². The summed E-state index contributed by atoms with van der Waals surface area (Å²) in [7, 11) is 0. The van der Waals surface area contributed by atoms with Gasteiger partial charge < -0.3 is 9.67 Å². The smallest absolute Gasteiger partial charge is 0.335 e. The zero-order chi connectivity index (χ0) is 15.8. The average Bonchev–Trinajstić information content (AvgIpc) is 3.22. The van der Waals surface area contributed by atoms with E-state index in [9.17, 15) is 9.90 Å². The first-order chi connectivity index (χ1) is 11.2. The lowest BCUT2D eigenvalue weighted by molar-refractivity contribution is 0.0697. The van der Waals surface area contributed by atoms with Gasteiger partial charge >= 0.3 is 5.97 Å². The van der Waals surface area contributed by atoms with Gasteiger partial charge in [-0.1, -0.05) is 37.5 Å². The molecule has 0 amide bonds. The molecule has 1 aromatic carbocycles. The van der Waals surface area contributed by atoms with E-state index in [1.54, 1.807) is 12.1 Å². The van der Waals surface area contributed by atoms with E-state index in [4.69, 9.17) is 4.98 Å². The number of hydrogen-bond acceptors (Lipinski definition) is 2.